The maximum Gasteiger partial charge on any atom is 0.266 e. The van der Waals surface area contributed by atoms with Crippen LogP contribution in [0.15, 0.2) is 29.2 Å². The number of amides is 1. The van der Waals surface area contributed by atoms with E-state index in [-0.39, 0.29) is 28.1 Å². The van der Waals surface area contributed by atoms with Crippen molar-refractivity contribution in [1.82, 2.24) is 4.72 Å². The van der Waals surface area contributed by atoms with Gasteiger partial charge in [0.15, 0.2) is 0 Å². The minimum absolute atomic E-state index is 0. The number of fused-ring (bicyclic) bond motifs is 1. The Labute approximate surface area is 86.4 Å². The van der Waals surface area contributed by atoms with E-state index < -0.39 is 15.9 Å². The zero-order valence-electron chi connectivity index (χ0n) is 6.44. The molecule has 0 aliphatic carbocycles. The Kier molecular flexibility index (Phi) is 2.49. The smallest absolute Gasteiger partial charge is 0.266 e. The fourth-order valence-electron chi connectivity index (χ4n) is 1.12. The van der Waals surface area contributed by atoms with E-state index in [1.807, 2.05) is 4.72 Å². The summed E-state index contributed by atoms with van der Waals surface area (Å²) in [6.45, 7) is 0. The van der Waals surface area contributed by atoms with Gasteiger partial charge < -0.3 is 0 Å². The SMILES string of the molecule is O=C1NS(=O)(=O)c2ccccc21.[Ge]. The third-order valence-corrected chi connectivity index (χ3v) is 3.04. The quantitative estimate of drug-likeness (QED) is 0.650. The molecule has 6 heteroatoms. The second-order valence-corrected chi connectivity index (χ2v) is 4.08. The van der Waals surface area contributed by atoms with Gasteiger partial charge in [0.2, 0.25) is 0 Å². The summed E-state index contributed by atoms with van der Waals surface area (Å²) in [7, 11) is -3.55. The minimum atomic E-state index is -3.55. The topological polar surface area (TPSA) is 63.2 Å². The maximum absolute atomic E-state index is 11.1. The molecule has 0 saturated carbocycles. The van der Waals surface area contributed by atoms with Crippen LogP contribution < -0.4 is 4.72 Å². The van der Waals surface area contributed by atoms with Crippen molar-refractivity contribution in [1.29, 1.82) is 0 Å². The third kappa shape index (κ3) is 1.49. The number of sulfonamides is 1. The van der Waals surface area contributed by atoms with Gasteiger partial charge in [0.05, 0.1) is 5.56 Å². The molecule has 0 saturated heterocycles. The molecule has 4 radical (unpaired) electrons. The molecule has 1 aromatic carbocycles. The fourth-order valence-corrected chi connectivity index (χ4v) is 2.29. The molecule has 66 valence electrons. The van der Waals surface area contributed by atoms with Gasteiger partial charge in [-0.3, -0.25) is 4.79 Å². The first-order chi connectivity index (χ1) is 5.61. The van der Waals surface area contributed by atoms with Crippen molar-refractivity contribution in [2.75, 3.05) is 0 Å². The number of hydrogen-bond acceptors (Lipinski definition) is 3. The van der Waals surface area contributed by atoms with Crippen LogP contribution in [0.5, 0.6) is 0 Å². The Hall–Kier alpha value is -0.817. The average molecular weight is 256 g/mol. The van der Waals surface area contributed by atoms with Crippen LogP contribution in [0.2, 0.25) is 0 Å². The standard InChI is InChI=1S/C7H5NO3S.Ge/c9-7-5-3-1-2-4-6(5)12(10,11)8-7;/h1-4H,(H,8,9);. The summed E-state index contributed by atoms with van der Waals surface area (Å²) in [4.78, 5) is 11.1. The van der Waals surface area contributed by atoms with Crippen LogP contribution in [0, 0.1) is 0 Å². The van der Waals surface area contributed by atoms with Crippen LogP contribution in [-0.2, 0) is 10.0 Å². The zero-order chi connectivity index (χ0) is 8.77. The zero-order valence-corrected chi connectivity index (χ0v) is 9.36. The molecule has 0 spiro atoms. The number of nitrogens with one attached hydrogen (secondary N) is 1. The Morgan fingerprint density at radius 2 is 1.77 bits per heavy atom. The molecule has 1 aliphatic heterocycles. The molecule has 1 heterocycles. The van der Waals surface area contributed by atoms with Gasteiger partial charge in [0.1, 0.15) is 4.90 Å². The largest absolute Gasteiger partial charge is 0.268 e. The first kappa shape index (κ1) is 10.3. The molecule has 0 aromatic heterocycles. The molecule has 1 amide bonds. The van der Waals surface area contributed by atoms with Crippen LogP contribution in [0.25, 0.3) is 0 Å². The predicted molar refractivity (Wildman–Crippen MR) is 46.8 cm³/mol. The van der Waals surface area contributed by atoms with Crippen molar-refractivity contribution < 1.29 is 13.2 Å². The minimum Gasteiger partial charge on any atom is -0.268 e. The van der Waals surface area contributed by atoms with Gasteiger partial charge >= 0.3 is 0 Å². The summed E-state index contributed by atoms with van der Waals surface area (Å²) in [5.41, 5.74) is 0.220. The number of hydrogen-bond donors (Lipinski definition) is 1. The van der Waals surface area contributed by atoms with E-state index >= 15 is 0 Å². The van der Waals surface area contributed by atoms with E-state index in [1.54, 1.807) is 12.1 Å². The first-order valence-corrected chi connectivity index (χ1v) is 4.76. The summed E-state index contributed by atoms with van der Waals surface area (Å²) < 4.78 is 24.2. The van der Waals surface area contributed by atoms with Crippen molar-refractivity contribution >= 4 is 33.5 Å². The van der Waals surface area contributed by atoms with E-state index in [2.05, 4.69) is 0 Å². The van der Waals surface area contributed by atoms with Crippen molar-refractivity contribution in [2.45, 2.75) is 4.90 Å². The second kappa shape index (κ2) is 3.15. The average Bonchev–Trinajstić information content (AvgIpc) is 2.25. The molecule has 1 aromatic rings. The normalized spacial score (nSPS) is 17.1. The molecule has 13 heavy (non-hydrogen) atoms. The molecule has 0 bridgehead atoms. The Balaban J connectivity index is 0.000000845. The number of carbonyl (C=O) groups is 1. The van der Waals surface area contributed by atoms with Crippen molar-refractivity contribution in [3.63, 3.8) is 0 Å². The molecule has 1 N–H and O–H groups in total. The van der Waals surface area contributed by atoms with E-state index in [4.69, 9.17) is 0 Å². The van der Waals surface area contributed by atoms with Crippen LogP contribution in [0.1, 0.15) is 10.4 Å². The Bertz CT molecular complexity index is 455. The van der Waals surface area contributed by atoms with Crippen LogP contribution in [0.3, 0.4) is 0 Å². The van der Waals surface area contributed by atoms with Gasteiger partial charge in [-0.15, -0.1) is 0 Å². The van der Waals surface area contributed by atoms with Crippen molar-refractivity contribution in [2.24, 2.45) is 0 Å². The third-order valence-electron chi connectivity index (χ3n) is 1.65. The van der Waals surface area contributed by atoms with Gasteiger partial charge in [-0.1, -0.05) is 12.1 Å². The second-order valence-electron chi connectivity index (χ2n) is 2.43. The summed E-state index contributed by atoms with van der Waals surface area (Å²) in [6, 6.07) is 6.09. The molecule has 2 rings (SSSR count). The fraction of sp³-hybridized carbons (Fsp3) is 0. The molecule has 0 atom stereocenters. The van der Waals surface area contributed by atoms with E-state index in [9.17, 15) is 13.2 Å². The molecular weight excluding hydrogens is 251 g/mol. The maximum atomic E-state index is 11.1. The summed E-state index contributed by atoms with van der Waals surface area (Å²) in [5, 5.41) is 0. The van der Waals surface area contributed by atoms with E-state index in [0.717, 1.165) is 0 Å². The summed E-state index contributed by atoms with van der Waals surface area (Å²) in [6.07, 6.45) is 0. The molecule has 4 nitrogen and oxygen atoms in total. The van der Waals surface area contributed by atoms with Gasteiger partial charge in [0, 0.05) is 17.6 Å². The monoisotopic (exact) mass is 257 g/mol. The number of benzene rings is 1. The molecule has 1 aliphatic rings. The molecule has 0 unspecified atom stereocenters. The van der Waals surface area contributed by atoms with E-state index in [0.29, 0.717) is 0 Å². The number of rotatable bonds is 0. The molecular formula is C7H5GeNO3S. The molecule has 0 fully saturated rings. The van der Waals surface area contributed by atoms with Crippen molar-refractivity contribution in [3.8, 4) is 0 Å². The Morgan fingerprint density at radius 3 is 2.38 bits per heavy atom. The van der Waals surface area contributed by atoms with Gasteiger partial charge in [-0.2, -0.15) is 0 Å². The first-order valence-electron chi connectivity index (χ1n) is 3.27. The van der Waals surface area contributed by atoms with Gasteiger partial charge in [0.25, 0.3) is 15.9 Å². The Morgan fingerprint density at radius 1 is 1.15 bits per heavy atom. The summed E-state index contributed by atoms with van der Waals surface area (Å²) in [5.74, 6) is -0.550. The van der Waals surface area contributed by atoms with Crippen LogP contribution >= 0.6 is 0 Å². The van der Waals surface area contributed by atoms with Crippen molar-refractivity contribution in [3.05, 3.63) is 29.8 Å². The predicted octanol–water partition coefficient (Wildman–Crippen LogP) is -0.262. The number of carbonyl (C=O) groups excluding carboxylic acids is 1. The van der Waals surface area contributed by atoms with Crippen LogP contribution in [0.4, 0.5) is 0 Å². The van der Waals surface area contributed by atoms with Crippen LogP contribution in [-0.4, -0.2) is 31.9 Å². The van der Waals surface area contributed by atoms with Gasteiger partial charge in [-0.05, 0) is 12.1 Å². The summed E-state index contributed by atoms with van der Waals surface area (Å²) >= 11 is 0. The van der Waals surface area contributed by atoms with E-state index in [1.165, 1.54) is 12.1 Å². The van der Waals surface area contributed by atoms with Gasteiger partial charge in [-0.25, -0.2) is 13.1 Å².